The highest BCUT2D eigenvalue weighted by Gasteiger charge is 2.01. The molecular formula is C17H15NO2S. The number of thiazole rings is 1. The maximum absolute atomic E-state index is 5.73. The van der Waals surface area contributed by atoms with Crippen molar-refractivity contribution in [2.45, 2.75) is 13.5 Å². The summed E-state index contributed by atoms with van der Waals surface area (Å²) in [6, 6.07) is 17.3. The van der Waals surface area contributed by atoms with Crippen LogP contribution in [0.15, 0.2) is 60.0 Å². The van der Waals surface area contributed by atoms with E-state index < -0.39 is 0 Å². The van der Waals surface area contributed by atoms with Gasteiger partial charge >= 0.3 is 0 Å². The van der Waals surface area contributed by atoms with E-state index in [0.717, 1.165) is 28.0 Å². The second-order valence-electron chi connectivity index (χ2n) is 4.53. The molecule has 3 rings (SSSR count). The molecule has 0 aliphatic rings. The van der Waals surface area contributed by atoms with E-state index in [1.54, 1.807) is 11.3 Å². The third kappa shape index (κ3) is 3.83. The van der Waals surface area contributed by atoms with Crippen molar-refractivity contribution in [3.05, 3.63) is 70.7 Å². The third-order valence-electron chi connectivity index (χ3n) is 2.86. The standard InChI is InChI=1S/C17H15NO2S/c1-13-18-14(12-21-13)11-19-15-7-9-17(10-8-15)20-16-5-3-2-4-6-16/h2-10,12H,11H2,1H3. The van der Waals surface area contributed by atoms with Crippen molar-refractivity contribution < 1.29 is 9.47 Å². The summed E-state index contributed by atoms with van der Waals surface area (Å²) in [5.41, 5.74) is 0.960. The second kappa shape index (κ2) is 6.41. The molecule has 0 unspecified atom stereocenters. The summed E-state index contributed by atoms with van der Waals surface area (Å²) < 4.78 is 11.4. The lowest BCUT2D eigenvalue weighted by Crippen LogP contribution is -1.95. The van der Waals surface area contributed by atoms with Crippen LogP contribution in [0, 0.1) is 6.92 Å². The first-order valence-corrected chi connectivity index (χ1v) is 7.54. The van der Waals surface area contributed by atoms with Gasteiger partial charge in [0.2, 0.25) is 0 Å². The first-order chi connectivity index (χ1) is 10.3. The molecule has 4 heteroatoms. The number of aryl methyl sites for hydroxylation is 1. The molecule has 0 spiro atoms. The molecule has 3 aromatic rings. The Morgan fingerprint density at radius 3 is 2.24 bits per heavy atom. The number of benzene rings is 2. The van der Waals surface area contributed by atoms with E-state index in [1.165, 1.54) is 0 Å². The van der Waals surface area contributed by atoms with Crippen LogP contribution in [0.4, 0.5) is 0 Å². The molecule has 3 nitrogen and oxygen atoms in total. The predicted molar refractivity (Wildman–Crippen MR) is 84.1 cm³/mol. The maximum atomic E-state index is 5.73. The van der Waals surface area contributed by atoms with Crippen molar-refractivity contribution in [2.75, 3.05) is 0 Å². The highest BCUT2D eigenvalue weighted by molar-refractivity contribution is 7.09. The number of hydrogen-bond acceptors (Lipinski definition) is 4. The van der Waals surface area contributed by atoms with Gasteiger partial charge in [-0.25, -0.2) is 4.98 Å². The van der Waals surface area contributed by atoms with Crippen LogP contribution in [0.2, 0.25) is 0 Å². The SMILES string of the molecule is Cc1nc(COc2ccc(Oc3ccccc3)cc2)cs1. The largest absolute Gasteiger partial charge is 0.487 e. The molecular weight excluding hydrogens is 282 g/mol. The highest BCUT2D eigenvalue weighted by atomic mass is 32.1. The van der Waals surface area contributed by atoms with Gasteiger partial charge in [0.05, 0.1) is 10.7 Å². The van der Waals surface area contributed by atoms with Gasteiger partial charge in [-0.1, -0.05) is 18.2 Å². The molecule has 0 saturated heterocycles. The first kappa shape index (κ1) is 13.6. The van der Waals surface area contributed by atoms with Crippen LogP contribution in [0.25, 0.3) is 0 Å². The van der Waals surface area contributed by atoms with Gasteiger partial charge in [0.15, 0.2) is 0 Å². The maximum Gasteiger partial charge on any atom is 0.131 e. The number of hydrogen-bond donors (Lipinski definition) is 0. The smallest absolute Gasteiger partial charge is 0.131 e. The Kier molecular flexibility index (Phi) is 4.17. The molecule has 1 heterocycles. The summed E-state index contributed by atoms with van der Waals surface area (Å²) >= 11 is 1.63. The summed E-state index contributed by atoms with van der Waals surface area (Å²) in [4.78, 5) is 4.37. The number of ether oxygens (including phenoxy) is 2. The van der Waals surface area contributed by atoms with Crippen molar-refractivity contribution in [3.8, 4) is 17.2 Å². The number of rotatable bonds is 5. The molecule has 0 N–H and O–H groups in total. The van der Waals surface area contributed by atoms with Gasteiger partial charge in [0, 0.05) is 5.38 Å². The van der Waals surface area contributed by atoms with Crippen LogP contribution >= 0.6 is 11.3 Å². The summed E-state index contributed by atoms with van der Waals surface area (Å²) in [5, 5.41) is 3.07. The molecule has 21 heavy (non-hydrogen) atoms. The summed E-state index contributed by atoms with van der Waals surface area (Å²) in [6.45, 7) is 2.48. The lowest BCUT2D eigenvalue weighted by atomic mass is 10.3. The molecule has 0 saturated carbocycles. The fraction of sp³-hybridized carbons (Fsp3) is 0.118. The van der Waals surface area contributed by atoms with E-state index in [1.807, 2.05) is 66.9 Å². The number of aromatic nitrogens is 1. The van der Waals surface area contributed by atoms with Gasteiger partial charge < -0.3 is 9.47 Å². The van der Waals surface area contributed by atoms with Gasteiger partial charge in [0.1, 0.15) is 23.9 Å². The average molecular weight is 297 g/mol. The van der Waals surface area contributed by atoms with Crippen molar-refractivity contribution in [2.24, 2.45) is 0 Å². The van der Waals surface area contributed by atoms with E-state index in [9.17, 15) is 0 Å². The molecule has 0 bridgehead atoms. The molecule has 0 radical (unpaired) electrons. The van der Waals surface area contributed by atoms with Crippen LogP contribution in [0.1, 0.15) is 10.7 Å². The minimum atomic E-state index is 0.489. The fourth-order valence-corrected chi connectivity index (χ4v) is 2.46. The van der Waals surface area contributed by atoms with Crippen molar-refractivity contribution in [3.63, 3.8) is 0 Å². The fourth-order valence-electron chi connectivity index (χ4n) is 1.86. The van der Waals surface area contributed by atoms with Crippen LogP contribution in [-0.4, -0.2) is 4.98 Å². The predicted octanol–water partition coefficient (Wildman–Crippen LogP) is 4.82. The van der Waals surface area contributed by atoms with Crippen molar-refractivity contribution in [1.29, 1.82) is 0 Å². The number of para-hydroxylation sites is 1. The van der Waals surface area contributed by atoms with E-state index in [-0.39, 0.29) is 0 Å². The molecule has 0 fully saturated rings. The average Bonchev–Trinajstić information content (AvgIpc) is 2.93. The molecule has 1 aromatic heterocycles. The highest BCUT2D eigenvalue weighted by Crippen LogP contribution is 2.24. The molecule has 0 atom stereocenters. The van der Waals surface area contributed by atoms with Crippen molar-refractivity contribution in [1.82, 2.24) is 4.98 Å². The zero-order valence-corrected chi connectivity index (χ0v) is 12.5. The molecule has 0 aliphatic heterocycles. The molecule has 2 aromatic carbocycles. The Bertz CT molecular complexity index is 692. The summed E-state index contributed by atoms with van der Waals surface area (Å²) in [6.07, 6.45) is 0. The third-order valence-corrected chi connectivity index (χ3v) is 3.68. The van der Waals surface area contributed by atoms with E-state index in [4.69, 9.17) is 9.47 Å². The minimum Gasteiger partial charge on any atom is -0.487 e. The van der Waals surface area contributed by atoms with E-state index >= 15 is 0 Å². The quantitative estimate of drug-likeness (QED) is 0.676. The zero-order chi connectivity index (χ0) is 14.5. The van der Waals surface area contributed by atoms with Crippen LogP contribution in [0.3, 0.4) is 0 Å². The topological polar surface area (TPSA) is 31.4 Å². The first-order valence-electron chi connectivity index (χ1n) is 6.66. The van der Waals surface area contributed by atoms with Gasteiger partial charge in [-0.05, 0) is 43.3 Å². The van der Waals surface area contributed by atoms with Gasteiger partial charge in [-0.15, -0.1) is 11.3 Å². The normalized spacial score (nSPS) is 10.3. The zero-order valence-electron chi connectivity index (χ0n) is 11.7. The van der Waals surface area contributed by atoms with Crippen LogP contribution in [0.5, 0.6) is 17.2 Å². The Hall–Kier alpha value is -2.33. The van der Waals surface area contributed by atoms with Crippen molar-refractivity contribution >= 4 is 11.3 Å². The number of nitrogens with zero attached hydrogens (tertiary/aromatic N) is 1. The Balaban J connectivity index is 1.59. The molecule has 106 valence electrons. The lowest BCUT2D eigenvalue weighted by Gasteiger charge is -2.07. The van der Waals surface area contributed by atoms with E-state index in [2.05, 4.69) is 4.98 Å². The Morgan fingerprint density at radius 2 is 1.57 bits per heavy atom. The molecule has 0 amide bonds. The van der Waals surface area contributed by atoms with Gasteiger partial charge in [-0.2, -0.15) is 0 Å². The van der Waals surface area contributed by atoms with Gasteiger partial charge in [-0.3, -0.25) is 0 Å². The van der Waals surface area contributed by atoms with E-state index in [0.29, 0.717) is 6.61 Å². The summed E-state index contributed by atoms with van der Waals surface area (Å²) in [7, 11) is 0. The van der Waals surface area contributed by atoms with Crippen LogP contribution in [-0.2, 0) is 6.61 Å². The minimum absolute atomic E-state index is 0.489. The van der Waals surface area contributed by atoms with Gasteiger partial charge in [0.25, 0.3) is 0 Å². The second-order valence-corrected chi connectivity index (χ2v) is 5.60. The molecule has 0 aliphatic carbocycles. The summed E-state index contributed by atoms with van der Waals surface area (Å²) in [5.74, 6) is 2.42. The Morgan fingerprint density at radius 1 is 0.905 bits per heavy atom. The monoisotopic (exact) mass is 297 g/mol. The Labute approximate surface area is 127 Å². The lowest BCUT2D eigenvalue weighted by molar-refractivity contribution is 0.301. The van der Waals surface area contributed by atoms with Crippen LogP contribution < -0.4 is 9.47 Å².